The lowest BCUT2D eigenvalue weighted by Gasteiger charge is -2.51. The van der Waals surface area contributed by atoms with Crippen molar-refractivity contribution in [2.75, 3.05) is 32.7 Å². The number of aryl methyl sites for hydroxylation is 1. The number of carboxylic acid groups (broad SMARTS) is 1. The lowest BCUT2D eigenvalue weighted by molar-refractivity contribution is -0.164. The maximum Gasteiger partial charge on any atom is 0.324 e. The van der Waals surface area contributed by atoms with Crippen molar-refractivity contribution in [3.63, 3.8) is 0 Å². The predicted molar refractivity (Wildman–Crippen MR) is 182 cm³/mol. The Morgan fingerprint density at radius 2 is 1.60 bits per heavy atom. The number of halogens is 1. The van der Waals surface area contributed by atoms with E-state index >= 15 is 0 Å². The molecule has 3 heterocycles. The summed E-state index contributed by atoms with van der Waals surface area (Å²) in [5.74, 6) is 0.766. The van der Waals surface area contributed by atoms with Crippen LogP contribution in [0.1, 0.15) is 107 Å². The number of rotatable bonds is 11. The highest BCUT2D eigenvalue weighted by atomic mass is 19.1. The largest absolute Gasteiger partial charge is 0.480 e. The molecule has 0 spiro atoms. The van der Waals surface area contributed by atoms with E-state index in [9.17, 15) is 14.3 Å². The van der Waals surface area contributed by atoms with E-state index in [4.69, 9.17) is 4.63 Å². The fourth-order valence-corrected chi connectivity index (χ4v) is 10.3. The Hall–Kier alpha value is -2.84. The van der Waals surface area contributed by atoms with Crippen LogP contribution in [0, 0.1) is 29.5 Å². The van der Waals surface area contributed by atoms with Gasteiger partial charge in [-0.1, -0.05) is 69.2 Å². The van der Waals surface area contributed by atoms with Crippen LogP contribution < -0.4 is 0 Å². The SMILES string of the molecule is O=C(O)C(C1CCCCC1)(C1CCCCC1)N1C[C@H](CN2CCC(CCCc3cccc4nonc34)CC2)[C@@H](c2cccc(F)c2)C1. The van der Waals surface area contributed by atoms with Crippen LogP contribution in [0.4, 0.5) is 4.39 Å². The molecule has 0 bridgehead atoms. The molecular weight excluding hydrogens is 591 g/mol. The van der Waals surface area contributed by atoms with Crippen molar-refractivity contribution in [1.82, 2.24) is 20.1 Å². The van der Waals surface area contributed by atoms with Crippen molar-refractivity contribution >= 4 is 17.0 Å². The second-order valence-electron chi connectivity index (χ2n) is 15.3. The van der Waals surface area contributed by atoms with Gasteiger partial charge < -0.3 is 10.0 Å². The van der Waals surface area contributed by atoms with Crippen LogP contribution in [0.3, 0.4) is 0 Å². The number of carbonyl (C=O) groups is 1. The fourth-order valence-electron chi connectivity index (χ4n) is 10.3. The first-order valence-corrected chi connectivity index (χ1v) is 18.7. The minimum absolute atomic E-state index is 0.142. The van der Waals surface area contributed by atoms with Crippen LogP contribution in [0.25, 0.3) is 11.0 Å². The minimum Gasteiger partial charge on any atom is -0.480 e. The maximum absolute atomic E-state index is 14.6. The van der Waals surface area contributed by atoms with Gasteiger partial charge in [0.05, 0.1) is 0 Å². The number of fused-ring (bicyclic) bond motifs is 1. The van der Waals surface area contributed by atoms with Gasteiger partial charge in [0, 0.05) is 25.6 Å². The second kappa shape index (κ2) is 14.7. The molecule has 2 saturated heterocycles. The van der Waals surface area contributed by atoms with Gasteiger partial charge >= 0.3 is 5.97 Å². The van der Waals surface area contributed by atoms with E-state index in [2.05, 4.69) is 32.2 Å². The van der Waals surface area contributed by atoms with Gasteiger partial charge in [0.15, 0.2) is 0 Å². The summed E-state index contributed by atoms with van der Waals surface area (Å²) in [6, 6.07) is 13.3. The molecule has 0 unspecified atom stereocenters. The molecule has 0 radical (unpaired) electrons. The standard InChI is InChI=1S/C39H53FN4O3/c40-34-18-8-13-30(24-34)35-27-44(39(38(45)46,32-14-3-1-4-15-32)33-16-5-2-6-17-33)26-31(35)25-43-22-20-28(21-23-43)10-7-11-29-12-9-19-36-37(29)42-47-41-36/h8-9,12-13,18-19,24,28,31-33,35H,1-7,10-11,14-17,20-23,25-27H2,(H,45,46)/t31-,35+/m0/s1. The number of hydrogen-bond donors (Lipinski definition) is 1. The molecule has 2 aromatic carbocycles. The molecule has 2 atom stereocenters. The van der Waals surface area contributed by atoms with Crippen molar-refractivity contribution in [3.05, 3.63) is 59.4 Å². The number of aliphatic carboxylic acids is 1. The van der Waals surface area contributed by atoms with Gasteiger partial charge in [0.1, 0.15) is 22.4 Å². The molecule has 8 heteroatoms. The maximum atomic E-state index is 14.6. The first-order valence-electron chi connectivity index (χ1n) is 18.7. The van der Waals surface area contributed by atoms with Crippen molar-refractivity contribution in [1.29, 1.82) is 0 Å². The van der Waals surface area contributed by atoms with E-state index in [-0.39, 0.29) is 29.5 Å². The number of aromatic nitrogens is 2. The van der Waals surface area contributed by atoms with Gasteiger partial charge in [-0.25, -0.2) is 9.02 Å². The Kier molecular flexibility index (Phi) is 10.2. The van der Waals surface area contributed by atoms with Crippen LogP contribution in [-0.2, 0) is 11.2 Å². The Morgan fingerprint density at radius 3 is 2.28 bits per heavy atom. The van der Waals surface area contributed by atoms with E-state index in [0.717, 1.165) is 119 Å². The summed E-state index contributed by atoms with van der Waals surface area (Å²) in [5.41, 5.74) is 3.17. The molecule has 254 valence electrons. The van der Waals surface area contributed by atoms with Crippen molar-refractivity contribution < 1.29 is 18.9 Å². The summed E-state index contributed by atoms with van der Waals surface area (Å²) in [7, 11) is 0. The third-order valence-corrected chi connectivity index (χ3v) is 12.7. The highest BCUT2D eigenvalue weighted by molar-refractivity contribution is 5.80. The zero-order valence-electron chi connectivity index (χ0n) is 28.0. The van der Waals surface area contributed by atoms with Crippen molar-refractivity contribution in [2.45, 2.75) is 108 Å². The summed E-state index contributed by atoms with van der Waals surface area (Å²) in [5, 5.41) is 19.4. The molecule has 2 aliphatic heterocycles. The molecule has 7 nitrogen and oxygen atoms in total. The van der Waals surface area contributed by atoms with Crippen LogP contribution in [0.2, 0.25) is 0 Å². The van der Waals surface area contributed by atoms with Gasteiger partial charge in [-0.2, -0.15) is 0 Å². The van der Waals surface area contributed by atoms with Crippen molar-refractivity contribution in [3.8, 4) is 0 Å². The number of benzene rings is 2. The number of hydrogen-bond acceptors (Lipinski definition) is 6. The second-order valence-corrected chi connectivity index (χ2v) is 15.3. The monoisotopic (exact) mass is 644 g/mol. The zero-order chi connectivity index (χ0) is 32.2. The predicted octanol–water partition coefficient (Wildman–Crippen LogP) is 8.10. The Morgan fingerprint density at radius 1 is 0.894 bits per heavy atom. The minimum atomic E-state index is -0.805. The molecule has 7 rings (SSSR count). The number of likely N-dealkylation sites (tertiary alicyclic amines) is 2. The quantitative estimate of drug-likeness (QED) is 0.226. The van der Waals surface area contributed by atoms with E-state index < -0.39 is 11.5 Å². The molecule has 0 amide bonds. The smallest absolute Gasteiger partial charge is 0.324 e. The molecule has 2 saturated carbocycles. The molecule has 47 heavy (non-hydrogen) atoms. The van der Waals surface area contributed by atoms with Crippen LogP contribution >= 0.6 is 0 Å². The van der Waals surface area contributed by atoms with Gasteiger partial charge in [0.2, 0.25) is 0 Å². The van der Waals surface area contributed by atoms with Gasteiger partial charge in [-0.3, -0.25) is 9.69 Å². The van der Waals surface area contributed by atoms with Gasteiger partial charge in [0.25, 0.3) is 0 Å². The zero-order valence-corrected chi connectivity index (χ0v) is 28.0. The first kappa shape index (κ1) is 32.7. The van der Waals surface area contributed by atoms with Crippen molar-refractivity contribution in [2.24, 2.45) is 23.7 Å². The molecule has 1 N–H and O–H groups in total. The summed E-state index contributed by atoms with van der Waals surface area (Å²) < 4.78 is 19.6. The average molecular weight is 645 g/mol. The van der Waals surface area contributed by atoms with E-state index in [1.54, 1.807) is 6.07 Å². The van der Waals surface area contributed by atoms with E-state index in [0.29, 0.717) is 0 Å². The fraction of sp³-hybridized carbons (Fsp3) is 0.667. The highest BCUT2D eigenvalue weighted by Gasteiger charge is 2.58. The topological polar surface area (TPSA) is 82.7 Å². The number of piperidine rings is 1. The Balaban J connectivity index is 1.04. The molecular formula is C39H53FN4O3. The van der Waals surface area contributed by atoms with Gasteiger partial charge in [-0.15, -0.1) is 0 Å². The highest BCUT2D eigenvalue weighted by Crippen LogP contribution is 2.50. The first-order chi connectivity index (χ1) is 23.0. The normalized spacial score (nSPS) is 24.7. The average Bonchev–Trinajstić information content (AvgIpc) is 3.75. The summed E-state index contributed by atoms with van der Waals surface area (Å²) >= 11 is 0. The summed E-state index contributed by atoms with van der Waals surface area (Å²) in [4.78, 5) is 18.8. The van der Waals surface area contributed by atoms with Crippen LogP contribution in [0.15, 0.2) is 47.1 Å². The van der Waals surface area contributed by atoms with Crippen LogP contribution in [0.5, 0.6) is 0 Å². The third-order valence-electron chi connectivity index (χ3n) is 12.7. The molecule has 4 aliphatic rings. The number of carboxylic acids is 1. The Bertz CT molecular complexity index is 1460. The molecule has 2 aliphatic carbocycles. The molecule has 3 aromatic rings. The third kappa shape index (κ3) is 6.87. The molecule has 4 fully saturated rings. The lowest BCUT2D eigenvalue weighted by atomic mass is 9.63. The van der Waals surface area contributed by atoms with E-state index in [1.807, 2.05) is 18.2 Å². The molecule has 1 aromatic heterocycles. The summed E-state index contributed by atoms with van der Waals surface area (Å²) in [6.45, 7) is 4.63. The van der Waals surface area contributed by atoms with Gasteiger partial charge in [-0.05, 0) is 128 Å². The lowest BCUT2D eigenvalue weighted by Crippen LogP contribution is -2.64. The summed E-state index contributed by atoms with van der Waals surface area (Å²) in [6.07, 6.45) is 16.8. The van der Waals surface area contributed by atoms with E-state index in [1.165, 1.54) is 43.7 Å². The van der Waals surface area contributed by atoms with Crippen LogP contribution in [-0.4, -0.2) is 69.5 Å². The Labute approximate surface area is 279 Å². The number of nitrogens with zero attached hydrogens (tertiary/aromatic N) is 4.